The van der Waals surface area contributed by atoms with Crippen LogP contribution in [0.3, 0.4) is 0 Å². The Morgan fingerprint density at radius 3 is 2.17 bits per heavy atom. The molecule has 160 valence electrons. The molecule has 0 aromatic heterocycles. The van der Waals surface area contributed by atoms with Crippen LogP contribution in [0.4, 0.5) is 4.39 Å². The second kappa shape index (κ2) is 11.7. The Kier molecular flexibility index (Phi) is 10.0. The average Bonchev–Trinajstić information content (AvgIpc) is 2.72. The summed E-state index contributed by atoms with van der Waals surface area (Å²) < 4.78 is 30.1. The van der Waals surface area contributed by atoms with Crippen molar-refractivity contribution in [1.82, 2.24) is 10.6 Å². The van der Waals surface area contributed by atoms with E-state index in [9.17, 15) is 4.39 Å². The second-order valence-corrected chi connectivity index (χ2v) is 6.31. The van der Waals surface area contributed by atoms with E-state index in [2.05, 4.69) is 15.6 Å². The van der Waals surface area contributed by atoms with Gasteiger partial charge in [0.05, 0.1) is 39.5 Å². The van der Waals surface area contributed by atoms with Gasteiger partial charge in [0.1, 0.15) is 23.1 Å². The van der Waals surface area contributed by atoms with E-state index in [1.165, 1.54) is 6.07 Å². The Morgan fingerprint density at radius 2 is 1.69 bits per heavy atom. The number of nitrogens with one attached hydrogen (secondary N) is 2. The molecule has 0 saturated heterocycles. The maximum Gasteiger partial charge on any atom is 0.191 e. The lowest BCUT2D eigenvalue weighted by atomic mass is 10.1. The average molecular weight is 517 g/mol. The Labute approximate surface area is 188 Å². The molecule has 6 nitrogen and oxygen atoms in total. The van der Waals surface area contributed by atoms with E-state index in [1.54, 1.807) is 53.5 Å². The first-order chi connectivity index (χ1) is 13.4. The van der Waals surface area contributed by atoms with E-state index in [4.69, 9.17) is 14.2 Å². The Hall–Kier alpha value is -2.23. The largest absolute Gasteiger partial charge is 0.496 e. The van der Waals surface area contributed by atoms with Crippen molar-refractivity contribution in [1.29, 1.82) is 0 Å². The van der Waals surface area contributed by atoms with Crippen LogP contribution in [0.1, 0.15) is 29.7 Å². The quantitative estimate of drug-likeness (QED) is 0.328. The molecule has 0 aliphatic heterocycles. The third-order valence-corrected chi connectivity index (χ3v) is 4.52. The smallest absolute Gasteiger partial charge is 0.191 e. The van der Waals surface area contributed by atoms with Gasteiger partial charge >= 0.3 is 0 Å². The van der Waals surface area contributed by atoms with Crippen molar-refractivity contribution in [2.45, 2.75) is 26.4 Å². The standard InChI is InChI=1S/C21H28FN3O3.HI/c1-13-7-8-15(9-18(13)22)14(2)25-21(23-3)24-12-17-19(27-5)10-16(26-4)11-20(17)28-6;/h7-11,14H,12H2,1-6H3,(H2,23,24,25);1H. The number of rotatable bonds is 7. The van der Waals surface area contributed by atoms with Crippen LogP contribution in [0, 0.1) is 12.7 Å². The van der Waals surface area contributed by atoms with Crippen molar-refractivity contribution in [3.63, 3.8) is 0 Å². The number of nitrogens with zero attached hydrogens (tertiary/aromatic N) is 1. The first-order valence-corrected chi connectivity index (χ1v) is 8.95. The number of hydrogen-bond donors (Lipinski definition) is 2. The fraction of sp³-hybridized carbons (Fsp3) is 0.381. The summed E-state index contributed by atoms with van der Waals surface area (Å²) in [4.78, 5) is 4.25. The predicted molar refractivity (Wildman–Crippen MR) is 124 cm³/mol. The lowest BCUT2D eigenvalue weighted by Gasteiger charge is -2.20. The third-order valence-electron chi connectivity index (χ3n) is 4.52. The van der Waals surface area contributed by atoms with Gasteiger partial charge in [0, 0.05) is 19.2 Å². The lowest BCUT2D eigenvalue weighted by Crippen LogP contribution is -2.38. The summed E-state index contributed by atoms with van der Waals surface area (Å²) in [7, 11) is 6.46. The lowest BCUT2D eigenvalue weighted by molar-refractivity contribution is 0.368. The van der Waals surface area contributed by atoms with Crippen molar-refractivity contribution in [2.24, 2.45) is 4.99 Å². The minimum atomic E-state index is -0.221. The normalized spacial score (nSPS) is 11.9. The fourth-order valence-electron chi connectivity index (χ4n) is 2.79. The minimum absolute atomic E-state index is 0. The molecule has 2 aromatic rings. The van der Waals surface area contributed by atoms with Crippen molar-refractivity contribution in [3.8, 4) is 17.2 Å². The van der Waals surface area contributed by atoms with E-state index in [1.807, 2.05) is 13.0 Å². The van der Waals surface area contributed by atoms with Gasteiger partial charge in [-0.1, -0.05) is 12.1 Å². The highest BCUT2D eigenvalue weighted by Gasteiger charge is 2.15. The van der Waals surface area contributed by atoms with Crippen LogP contribution < -0.4 is 24.8 Å². The van der Waals surface area contributed by atoms with E-state index in [0.29, 0.717) is 35.3 Å². The van der Waals surface area contributed by atoms with Crippen LogP contribution in [0.15, 0.2) is 35.3 Å². The van der Waals surface area contributed by atoms with Gasteiger partial charge in [0.25, 0.3) is 0 Å². The van der Waals surface area contributed by atoms with E-state index in [-0.39, 0.29) is 35.8 Å². The number of methoxy groups -OCH3 is 3. The van der Waals surface area contributed by atoms with Crippen LogP contribution in [0.2, 0.25) is 0 Å². The molecule has 2 aromatic carbocycles. The molecular formula is C21H29FIN3O3. The number of ether oxygens (including phenoxy) is 3. The van der Waals surface area contributed by atoms with E-state index >= 15 is 0 Å². The van der Waals surface area contributed by atoms with Crippen LogP contribution in [-0.4, -0.2) is 34.3 Å². The topological polar surface area (TPSA) is 64.1 Å². The second-order valence-electron chi connectivity index (χ2n) is 6.31. The summed E-state index contributed by atoms with van der Waals surface area (Å²) in [5, 5.41) is 6.51. The fourth-order valence-corrected chi connectivity index (χ4v) is 2.79. The molecule has 0 spiro atoms. The number of halogens is 2. The van der Waals surface area contributed by atoms with Gasteiger partial charge in [0.15, 0.2) is 5.96 Å². The molecule has 2 rings (SSSR count). The third kappa shape index (κ3) is 6.38. The van der Waals surface area contributed by atoms with Gasteiger partial charge in [-0.2, -0.15) is 0 Å². The summed E-state index contributed by atoms with van der Waals surface area (Å²) >= 11 is 0. The van der Waals surface area contributed by atoms with Crippen LogP contribution >= 0.6 is 24.0 Å². The van der Waals surface area contributed by atoms with Gasteiger partial charge in [-0.05, 0) is 31.0 Å². The number of guanidine groups is 1. The summed E-state index contributed by atoms with van der Waals surface area (Å²) in [6.07, 6.45) is 0. The molecule has 1 unspecified atom stereocenters. The zero-order valence-corrected chi connectivity index (χ0v) is 20.0. The zero-order valence-electron chi connectivity index (χ0n) is 17.6. The molecular weight excluding hydrogens is 488 g/mol. The van der Waals surface area contributed by atoms with Crippen LogP contribution in [0.25, 0.3) is 0 Å². The van der Waals surface area contributed by atoms with Crippen molar-refractivity contribution in [3.05, 3.63) is 52.8 Å². The predicted octanol–water partition coefficient (Wildman–Crippen LogP) is 4.20. The Balaban J connectivity index is 0.00000420. The molecule has 0 bridgehead atoms. The molecule has 8 heteroatoms. The first kappa shape index (κ1) is 24.8. The summed E-state index contributed by atoms with van der Waals surface area (Å²) in [6.45, 7) is 4.11. The maximum absolute atomic E-state index is 13.8. The molecule has 1 atom stereocenters. The van der Waals surface area contributed by atoms with Gasteiger partial charge < -0.3 is 24.8 Å². The van der Waals surface area contributed by atoms with Gasteiger partial charge in [-0.3, -0.25) is 4.99 Å². The molecule has 0 radical (unpaired) electrons. The zero-order chi connectivity index (χ0) is 20.7. The van der Waals surface area contributed by atoms with Crippen molar-refractivity contribution >= 4 is 29.9 Å². The molecule has 29 heavy (non-hydrogen) atoms. The van der Waals surface area contributed by atoms with Crippen LogP contribution in [0.5, 0.6) is 17.2 Å². The number of aryl methyl sites for hydroxylation is 1. The highest BCUT2D eigenvalue weighted by atomic mass is 127. The Bertz CT molecular complexity index is 821. The van der Waals surface area contributed by atoms with E-state index in [0.717, 1.165) is 11.1 Å². The van der Waals surface area contributed by atoms with Gasteiger partial charge in [-0.15, -0.1) is 24.0 Å². The maximum atomic E-state index is 13.8. The molecule has 2 N–H and O–H groups in total. The van der Waals surface area contributed by atoms with Crippen LogP contribution in [-0.2, 0) is 6.54 Å². The van der Waals surface area contributed by atoms with Crippen molar-refractivity contribution < 1.29 is 18.6 Å². The van der Waals surface area contributed by atoms with Gasteiger partial charge in [0.2, 0.25) is 0 Å². The molecule has 0 saturated carbocycles. The molecule has 0 heterocycles. The molecule has 0 amide bonds. The SMILES string of the molecule is CN=C(NCc1c(OC)cc(OC)cc1OC)NC(C)c1ccc(C)c(F)c1.I. The van der Waals surface area contributed by atoms with Gasteiger partial charge in [-0.25, -0.2) is 4.39 Å². The van der Waals surface area contributed by atoms with E-state index < -0.39 is 0 Å². The number of benzene rings is 2. The molecule has 0 fully saturated rings. The Morgan fingerprint density at radius 1 is 1.07 bits per heavy atom. The summed E-state index contributed by atoms with van der Waals surface area (Å²) in [6, 6.07) is 8.68. The monoisotopic (exact) mass is 517 g/mol. The molecule has 0 aliphatic rings. The summed E-state index contributed by atoms with van der Waals surface area (Å²) in [5.41, 5.74) is 2.30. The highest BCUT2D eigenvalue weighted by molar-refractivity contribution is 14.0. The molecule has 0 aliphatic carbocycles. The number of hydrogen-bond acceptors (Lipinski definition) is 4. The number of aliphatic imine (C=N–C) groups is 1. The summed E-state index contributed by atoms with van der Waals surface area (Å²) in [5.74, 6) is 2.30. The van der Waals surface area contributed by atoms with Crippen molar-refractivity contribution in [2.75, 3.05) is 28.4 Å². The first-order valence-electron chi connectivity index (χ1n) is 8.95. The minimum Gasteiger partial charge on any atom is -0.496 e. The highest BCUT2D eigenvalue weighted by Crippen LogP contribution is 2.33.